The van der Waals surface area contributed by atoms with Gasteiger partial charge in [-0.3, -0.25) is 14.6 Å². The summed E-state index contributed by atoms with van der Waals surface area (Å²) in [6.07, 6.45) is 0. The van der Waals surface area contributed by atoms with E-state index in [0.717, 1.165) is 39.4 Å². The number of rotatable bonds is 5. The van der Waals surface area contributed by atoms with Crippen LogP contribution in [0.4, 0.5) is 0 Å². The number of morpholine rings is 2. The van der Waals surface area contributed by atoms with E-state index < -0.39 is 0 Å². The van der Waals surface area contributed by atoms with E-state index in [1.165, 1.54) is 5.56 Å². The van der Waals surface area contributed by atoms with Crippen LogP contribution in [0.3, 0.4) is 0 Å². The summed E-state index contributed by atoms with van der Waals surface area (Å²) in [6, 6.07) is 10.4. The lowest BCUT2D eigenvalue weighted by Gasteiger charge is -2.43. The third-order valence-corrected chi connectivity index (χ3v) is 4.73. The van der Waals surface area contributed by atoms with E-state index in [4.69, 9.17) is 9.47 Å². The fraction of sp³-hybridized carbons (Fsp3) is 0.611. The number of benzene rings is 1. The topological polar surface area (TPSA) is 42.0 Å². The van der Waals surface area contributed by atoms with E-state index in [-0.39, 0.29) is 17.9 Å². The zero-order valence-electron chi connectivity index (χ0n) is 13.8. The SMILES string of the molecule is CC(=O)[C@@H]([C@H](c1ccccc1)N1CCOCC1)N1CCOCC1. The van der Waals surface area contributed by atoms with Crippen molar-refractivity contribution in [3.63, 3.8) is 0 Å². The van der Waals surface area contributed by atoms with Gasteiger partial charge in [0.1, 0.15) is 5.78 Å². The minimum atomic E-state index is -0.126. The first-order chi connectivity index (χ1) is 11.3. The van der Waals surface area contributed by atoms with Crippen LogP contribution in [0, 0.1) is 0 Å². The van der Waals surface area contributed by atoms with Crippen molar-refractivity contribution in [3.05, 3.63) is 35.9 Å². The molecule has 1 aromatic carbocycles. The Bertz CT molecular complexity index is 496. The fourth-order valence-corrected chi connectivity index (χ4v) is 3.63. The molecule has 1 aromatic rings. The Labute approximate surface area is 138 Å². The van der Waals surface area contributed by atoms with Crippen molar-refractivity contribution in [2.45, 2.75) is 19.0 Å². The number of hydrogen-bond donors (Lipinski definition) is 0. The van der Waals surface area contributed by atoms with Crippen LogP contribution in [0.1, 0.15) is 18.5 Å². The lowest BCUT2D eigenvalue weighted by Crippen LogP contribution is -2.55. The third-order valence-electron chi connectivity index (χ3n) is 4.73. The standard InChI is InChI=1S/C18H26N2O3/c1-15(21)17(19-7-11-22-12-8-19)18(16-5-3-2-4-6-16)20-9-13-23-14-10-20/h2-6,17-18H,7-14H2,1H3/t17-,18-/m0/s1. The van der Waals surface area contributed by atoms with E-state index in [2.05, 4.69) is 34.1 Å². The largest absolute Gasteiger partial charge is 0.379 e. The van der Waals surface area contributed by atoms with Crippen LogP contribution in [0.25, 0.3) is 0 Å². The number of Topliss-reactive ketones (excluding diaryl/α,β-unsaturated/α-hetero) is 1. The van der Waals surface area contributed by atoms with Gasteiger partial charge >= 0.3 is 0 Å². The summed E-state index contributed by atoms with van der Waals surface area (Å²) in [5.74, 6) is 0.229. The van der Waals surface area contributed by atoms with Crippen molar-refractivity contribution >= 4 is 5.78 Å². The van der Waals surface area contributed by atoms with E-state index in [9.17, 15) is 4.79 Å². The summed E-state index contributed by atoms with van der Waals surface area (Å²) in [7, 11) is 0. The molecule has 0 aromatic heterocycles. The average molecular weight is 318 g/mol. The van der Waals surface area contributed by atoms with Gasteiger partial charge in [0.25, 0.3) is 0 Å². The molecule has 126 valence electrons. The molecular formula is C18H26N2O3. The van der Waals surface area contributed by atoms with Crippen molar-refractivity contribution in [3.8, 4) is 0 Å². The van der Waals surface area contributed by atoms with Gasteiger partial charge in [-0.2, -0.15) is 0 Å². The average Bonchev–Trinajstić information content (AvgIpc) is 2.61. The smallest absolute Gasteiger partial charge is 0.148 e. The molecule has 0 N–H and O–H groups in total. The normalized spacial score (nSPS) is 23.3. The van der Waals surface area contributed by atoms with Gasteiger partial charge in [0, 0.05) is 26.2 Å². The lowest BCUT2D eigenvalue weighted by atomic mass is 9.93. The van der Waals surface area contributed by atoms with Crippen molar-refractivity contribution < 1.29 is 14.3 Å². The summed E-state index contributed by atoms with van der Waals surface area (Å²) in [5, 5.41) is 0. The molecular weight excluding hydrogens is 292 g/mol. The first kappa shape index (κ1) is 16.6. The first-order valence-corrected chi connectivity index (χ1v) is 8.46. The van der Waals surface area contributed by atoms with Gasteiger partial charge in [-0.25, -0.2) is 0 Å². The Balaban J connectivity index is 1.91. The highest BCUT2D eigenvalue weighted by Crippen LogP contribution is 2.29. The van der Waals surface area contributed by atoms with Crippen LogP contribution < -0.4 is 0 Å². The quantitative estimate of drug-likeness (QED) is 0.820. The molecule has 5 nitrogen and oxygen atoms in total. The van der Waals surface area contributed by atoms with Gasteiger partial charge in [0.15, 0.2) is 0 Å². The van der Waals surface area contributed by atoms with Gasteiger partial charge in [-0.15, -0.1) is 0 Å². The van der Waals surface area contributed by atoms with E-state index in [1.54, 1.807) is 6.92 Å². The molecule has 5 heteroatoms. The summed E-state index contributed by atoms with van der Waals surface area (Å²) < 4.78 is 11.0. The Hall–Kier alpha value is -1.27. The number of ketones is 1. The van der Waals surface area contributed by atoms with Crippen LogP contribution in [0.5, 0.6) is 0 Å². The van der Waals surface area contributed by atoms with E-state index >= 15 is 0 Å². The summed E-state index contributed by atoms with van der Waals surface area (Å²) in [5.41, 5.74) is 1.21. The van der Waals surface area contributed by atoms with Crippen LogP contribution in [0.15, 0.2) is 30.3 Å². The molecule has 2 aliphatic rings. The Kier molecular flexibility index (Phi) is 5.78. The van der Waals surface area contributed by atoms with Gasteiger partial charge in [0.05, 0.1) is 38.5 Å². The first-order valence-electron chi connectivity index (χ1n) is 8.46. The third kappa shape index (κ3) is 3.98. The second-order valence-corrected chi connectivity index (χ2v) is 6.21. The molecule has 0 bridgehead atoms. The minimum absolute atomic E-state index is 0.0794. The predicted octanol–water partition coefficient (Wildman–Crippen LogP) is 1.35. The van der Waals surface area contributed by atoms with Gasteiger partial charge < -0.3 is 9.47 Å². The van der Waals surface area contributed by atoms with Gasteiger partial charge in [0.2, 0.25) is 0 Å². The molecule has 0 radical (unpaired) electrons. The molecule has 0 aliphatic carbocycles. The summed E-state index contributed by atoms with van der Waals surface area (Å²) >= 11 is 0. The second kappa shape index (κ2) is 8.02. The maximum atomic E-state index is 12.6. The number of carbonyl (C=O) groups excluding carboxylic acids is 1. The molecule has 0 unspecified atom stereocenters. The molecule has 0 amide bonds. The van der Waals surface area contributed by atoms with Crippen molar-refractivity contribution in [2.75, 3.05) is 52.6 Å². The molecule has 2 heterocycles. The molecule has 2 saturated heterocycles. The van der Waals surface area contributed by atoms with Crippen LogP contribution in [-0.4, -0.2) is 74.2 Å². The Morgan fingerprint density at radius 1 is 0.913 bits per heavy atom. The van der Waals surface area contributed by atoms with Crippen molar-refractivity contribution in [1.82, 2.24) is 9.80 Å². The monoisotopic (exact) mass is 318 g/mol. The molecule has 2 aliphatic heterocycles. The molecule has 2 fully saturated rings. The molecule has 3 rings (SSSR count). The highest BCUT2D eigenvalue weighted by atomic mass is 16.5. The number of ether oxygens (including phenoxy) is 2. The van der Waals surface area contributed by atoms with Gasteiger partial charge in [-0.1, -0.05) is 30.3 Å². The number of carbonyl (C=O) groups is 1. The molecule has 0 spiro atoms. The maximum Gasteiger partial charge on any atom is 0.148 e. The summed E-state index contributed by atoms with van der Waals surface area (Å²) in [4.78, 5) is 17.3. The molecule has 0 saturated carbocycles. The molecule has 2 atom stereocenters. The van der Waals surface area contributed by atoms with E-state index in [1.807, 2.05) is 6.07 Å². The van der Waals surface area contributed by atoms with Crippen LogP contribution in [0.2, 0.25) is 0 Å². The van der Waals surface area contributed by atoms with E-state index in [0.29, 0.717) is 13.2 Å². The highest BCUT2D eigenvalue weighted by molar-refractivity contribution is 5.82. The molecule has 23 heavy (non-hydrogen) atoms. The summed E-state index contributed by atoms with van der Waals surface area (Å²) in [6.45, 7) is 7.96. The van der Waals surface area contributed by atoms with Crippen LogP contribution >= 0.6 is 0 Å². The minimum Gasteiger partial charge on any atom is -0.379 e. The fourth-order valence-electron chi connectivity index (χ4n) is 3.63. The zero-order valence-corrected chi connectivity index (χ0v) is 13.8. The predicted molar refractivity (Wildman–Crippen MR) is 88.4 cm³/mol. The maximum absolute atomic E-state index is 12.6. The Morgan fingerprint density at radius 3 is 1.96 bits per heavy atom. The lowest BCUT2D eigenvalue weighted by molar-refractivity contribution is -0.128. The van der Waals surface area contributed by atoms with Gasteiger partial charge in [-0.05, 0) is 12.5 Å². The zero-order chi connectivity index (χ0) is 16.1. The number of nitrogens with zero attached hydrogens (tertiary/aromatic N) is 2. The highest BCUT2D eigenvalue weighted by Gasteiger charge is 2.37. The second-order valence-electron chi connectivity index (χ2n) is 6.21. The van der Waals surface area contributed by atoms with Crippen molar-refractivity contribution in [2.24, 2.45) is 0 Å². The Morgan fingerprint density at radius 2 is 1.43 bits per heavy atom. The van der Waals surface area contributed by atoms with Crippen molar-refractivity contribution in [1.29, 1.82) is 0 Å². The van der Waals surface area contributed by atoms with Crippen LogP contribution in [-0.2, 0) is 14.3 Å². The number of hydrogen-bond acceptors (Lipinski definition) is 5.